The highest BCUT2D eigenvalue weighted by Gasteiger charge is 2.28. The molecule has 0 aliphatic rings. The van der Waals surface area contributed by atoms with Crippen molar-refractivity contribution in [1.29, 1.82) is 0 Å². The van der Waals surface area contributed by atoms with Crippen LogP contribution in [0.1, 0.15) is 44.9 Å². The monoisotopic (exact) mass is 283 g/mol. The molecule has 0 fully saturated rings. The maximum absolute atomic E-state index is 12.0. The first-order valence-electron chi connectivity index (χ1n) is 6.66. The molecule has 1 unspecified atom stereocenters. The molecular weight excluding hydrogens is 258 g/mol. The number of hydrogen-bond donors (Lipinski definition) is 1. The molecule has 1 aromatic carbocycles. The number of benzene rings is 1. The molecule has 1 N–H and O–H groups in total. The summed E-state index contributed by atoms with van der Waals surface area (Å²) in [5.74, 6) is 0.173. The van der Waals surface area contributed by atoms with Crippen LogP contribution in [-0.2, 0) is 9.84 Å². The van der Waals surface area contributed by atoms with Crippen LogP contribution in [0.15, 0.2) is 24.3 Å². The topological polar surface area (TPSA) is 46.2 Å². The fourth-order valence-corrected chi connectivity index (χ4v) is 2.69. The van der Waals surface area contributed by atoms with E-state index in [0.29, 0.717) is 6.54 Å². The lowest BCUT2D eigenvalue weighted by Crippen LogP contribution is -2.35. The molecule has 0 radical (unpaired) electrons. The highest BCUT2D eigenvalue weighted by atomic mass is 32.2. The molecule has 0 saturated heterocycles. The number of nitrogens with one attached hydrogen (secondary N) is 1. The zero-order valence-corrected chi connectivity index (χ0v) is 13.3. The third kappa shape index (κ3) is 4.62. The van der Waals surface area contributed by atoms with Gasteiger partial charge >= 0.3 is 0 Å². The summed E-state index contributed by atoms with van der Waals surface area (Å²) in [5, 5.41) is 3.27. The molecule has 0 amide bonds. The zero-order valence-electron chi connectivity index (χ0n) is 12.5. The second kappa shape index (κ2) is 6.06. The lowest BCUT2D eigenvalue weighted by atomic mass is 10.1. The van der Waals surface area contributed by atoms with Gasteiger partial charge in [-0.1, -0.05) is 29.8 Å². The van der Waals surface area contributed by atoms with E-state index in [-0.39, 0.29) is 11.8 Å². The number of hydrogen-bond acceptors (Lipinski definition) is 3. The van der Waals surface area contributed by atoms with Gasteiger partial charge < -0.3 is 5.32 Å². The van der Waals surface area contributed by atoms with Crippen LogP contribution in [0.25, 0.3) is 0 Å². The highest BCUT2D eigenvalue weighted by Crippen LogP contribution is 2.16. The molecule has 0 bridgehead atoms. The summed E-state index contributed by atoms with van der Waals surface area (Å²) in [6.07, 6.45) is 0. The van der Waals surface area contributed by atoms with Crippen molar-refractivity contribution in [3.8, 4) is 0 Å². The van der Waals surface area contributed by atoms with E-state index in [1.807, 2.05) is 6.92 Å². The van der Waals surface area contributed by atoms with Crippen molar-refractivity contribution in [2.24, 2.45) is 0 Å². The van der Waals surface area contributed by atoms with Crippen LogP contribution in [0, 0.1) is 6.92 Å². The van der Waals surface area contributed by atoms with Gasteiger partial charge in [0, 0.05) is 12.6 Å². The van der Waals surface area contributed by atoms with Crippen LogP contribution in [-0.4, -0.2) is 25.5 Å². The Balaban J connectivity index is 2.52. The first-order chi connectivity index (χ1) is 8.63. The molecule has 0 aliphatic carbocycles. The molecule has 19 heavy (non-hydrogen) atoms. The zero-order chi connectivity index (χ0) is 14.7. The summed E-state index contributed by atoms with van der Waals surface area (Å²) in [4.78, 5) is 0. The van der Waals surface area contributed by atoms with Crippen LogP contribution in [0.4, 0.5) is 0 Å². The minimum atomic E-state index is -3.04. The molecule has 0 saturated carbocycles. The summed E-state index contributed by atoms with van der Waals surface area (Å²) < 4.78 is 23.3. The molecule has 1 atom stereocenters. The van der Waals surface area contributed by atoms with Crippen LogP contribution in [0.2, 0.25) is 0 Å². The minimum absolute atomic E-state index is 0.163. The van der Waals surface area contributed by atoms with E-state index in [4.69, 9.17) is 0 Å². The maximum Gasteiger partial charge on any atom is 0.156 e. The third-order valence-corrected chi connectivity index (χ3v) is 5.94. The number of aryl methyl sites for hydroxylation is 1. The van der Waals surface area contributed by atoms with Gasteiger partial charge in [0.1, 0.15) is 0 Å². The van der Waals surface area contributed by atoms with Gasteiger partial charge in [0.15, 0.2) is 9.84 Å². The highest BCUT2D eigenvalue weighted by molar-refractivity contribution is 7.92. The molecule has 3 nitrogen and oxygen atoms in total. The molecule has 0 aliphatic heterocycles. The molecule has 0 spiro atoms. The summed E-state index contributed by atoms with van der Waals surface area (Å²) in [6, 6.07) is 8.45. The molecule has 108 valence electrons. The predicted molar refractivity (Wildman–Crippen MR) is 81.1 cm³/mol. The Morgan fingerprint density at radius 2 is 1.68 bits per heavy atom. The Labute approximate surface area is 117 Å². The standard InChI is InChI=1S/C15H25NO2S/c1-12-6-8-14(9-7-12)13(2)16-10-11-19(17,18)15(3,4)5/h6-9,13,16H,10-11H2,1-5H3. The van der Waals surface area contributed by atoms with E-state index in [1.54, 1.807) is 20.8 Å². The second-order valence-electron chi connectivity index (χ2n) is 6.02. The second-order valence-corrected chi connectivity index (χ2v) is 8.88. The Bertz CT molecular complexity index is 498. The van der Waals surface area contributed by atoms with Crippen molar-refractivity contribution in [2.75, 3.05) is 12.3 Å². The van der Waals surface area contributed by atoms with Gasteiger partial charge in [-0.25, -0.2) is 8.42 Å². The average Bonchev–Trinajstić information content (AvgIpc) is 2.28. The van der Waals surface area contributed by atoms with Crippen molar-refractivity contribution in [3.63, 3.8) is 0 Å². The summed E-state index contributed by atoms with van der Waals surface area (Å²) in [6.45, 7) is 9.81. The van der Waals surface area contributed by atoms with E-state index in [1.165, 1.54) is 11.1 Å². The molecule has 4 heteroatoms. The number of rotatable bonds is 5. The Kier molecular flexibility index (Phi) is 5.16. The molecule has 1 rings (SSSR count). The van der Waals surface area contributed by atoms with Gasteiger partial charge in [-0.3, -0.25) is 0 Å². The van der Waals surface area contributed by atoms with Crippen LogP contribution in [0.3, 0.4) is 0 Å². The van der Waals surface area contributed by atoms with Crippen LogP contribution in [0.5, 0.6) is 0 Å². The van der Waals surface area contributed by atoms with Crippen molar-refractivity contribution in [1.82, 2.24) is 5.32 Å². The Hall–Kier alpha value is -0.870. The smallest absolute Gasteiger partial charge is 0.156 e. The van der Waals surface area contributed by atoms with Crippen molar-refractivity contribution >= 4 is 9.84 Å². The van der Waals surface area contributed by atoms with Gasteiger partial charge in [-0.15, -0.1) is 0 Å². The van der Waals surface area contributed by atoms with Gasteiger partial charge in [-0.05, 0) is 40.2 Å². The summed E-state index contributed by atoms with van der Waals surface area (Å²) >= 11 is 0. The van der Waals surface area contributed by atoms with E-state index >= 15 is 0 Å². The van der Waals surface area contributed by atoms with Gasteiger partial charge in [0.2, 0.25) is 0 Å². The summed E-state index contributed by atoms with van der Waals surface area (Å²) in [7, 11) is -3.04. The van der Waals surface area contributed by atoms with Crippen molar-refractivity contribution < 1.29 is 8.42 Å². The van der Waals surface area contributed by atoms with Crippen LogP contribution >= 0.6 is 0 Å². The SMILES string of the molecule is Cc1ccc(C(C)NCCS(=O)(=O)C(C)(C)C)cc1. The molecule has 0 aromatic heterocycles. The summed E-state index contributed by atoms with van der Waals surface area (Å²) in [5.41, 5.74) is 2.41. The molecule has 0 heterocycles. The van der Waals surface area contributed by atoms with Crippen molar-refractivity contribution in [2.45, 2.75) is 45.4 Å². The third-order valence-electron chi connectivity index (χ3n) is 3.33. The first-order valence-corrected chi connectivity index (χ1v) is 8.31. The lowest BCUT2D eigenvalue weighted by molar-refractivity contribution is 0.546. The minimum Gasteiger partial charge on any atom is -0.309 e. The van der Waals surface area contributed by atoms with E-state index in [0.717, 1.165) is 0 Å². The molecular formula is C15H25NO2S. The Morgan fingerprint density at radius 1 is 1.16 bits per heavy atom. The predicted octanol–water partition coefficient (Wildman–Crippen LogP) is 2.86. The van der Waals surface area contributed by atoms with Crippen LogP contribution < -0.4 is 5.32 Å². The van der Waals surface area contributed by atoms with E-state index in [2.05, 4.69) is 36.5 Å². The van der Waals surface area contributed by atoms with Gasteiger partial charge in [0.05, 0.1) is 10.5 Å². The molecule has 1 aromatic rings. The van der Waals surface area contributed by atoms with Gasteiger partial charge in [0.25, 0.3) is 0 Å². The normalized spacial score (nSPS) is 14.4. The fraction of sp³-hybridized carbons (Fsp3) is 0.600. The fourth-order valence-electron chi connectivity index (χ4n) is 1.69. The maximum atomic E-state index is 12.0. The van der Waals surface area contributed by atoms with E-state index in [9.17, 15) is 8.42 Å². The van der Waals surface area contributed by atoms with Crippen molar-refractivity contribution in [3.05, 3.63) is 35.4 Å². The van der Waals surface area contributed by atoms with E-state index < -0.39 is 14.6 Å². The quantitative estimate of drug-likeness (QED) is 0.904. The lowest BCUT2D eigenvalue weighted by Gasteiger charge is -2.20. The number of sulfone groups is 1. The first kappa shape index (κ1) is 16.2. The van der Waals surface area contributed by atoms with Gasteiger partial charge in [-0.2, -0.15) is 0 Å². The Morgan fingerprint density at radius 3 is 2.16 bits per heavy atom. The average molecular weight is 283 g/mol. The largest absolute Gasteiger partial charge is 0.309 e.